The van der Waals surface area contributed by atoms with Gasteiger partial charge in [-0.2, -0.15) is 0 Å². The van der Waals surface area contributed by atoms with E-state index in [9.17, 15) is 9.59 Å². The monoisotopic (exact) mass is 279 g/mol. The van der Waals surface area contributed by atoms with E-state index in [0.29, 0.717) is 13.0 Å². The first-order valence-corrected chi connectivity index (χ1v) is 7.23. The second-order valence-electron chi connectivity index (χ2n) is 6.73. The Kier molecular flexibility index (Phi) is 3.77. The van der Waals surface area contributed by atoms with Crippen LogP contribution in [0.5, 0.6) is 0 Å². The topological polar surface area (TPSA) is 51.0 Å². The predicted octanol–water partition coefficient (Wildman–Crippen LogP) is 3.05. The first-order valence-electron chi connectivity index (χ1n) is 7.23. The molecule has 0 unspecified atom stereocenters. The van der Waals surface area contributed by atoms with Gasteiger partial charge in [0.1, 0.15) is 17.8 Å². The second-order valence-corrected chi connectivity index (χ2v) is 6.73. The van der Waals surface area contributed by atoms with Crippen LogP contribution < -0.4 is 0 Å². The summed E-state index contributed by atoms with van der Waals surface area (Å²) in [5, 5.41) is 0. The SMILES string of the molecule is C#[N+][C@@]12CC(=O)CC[C@@H]1CCCN2C(=O)OC(C)(C)C. The highest BCUT2D eigenvalue weighted by Crippen LogP contribution is 2.44. The van der Waals surface area contributed by atoms with E-state index >= 15 is 0 Å². The van der Waals surface area contributed by atoms with Gasteiger partial charge in [-0.05, 0) is 40.0 Å². The maximum Gasteiger partial charge on any atom is 0.416 e. The van der Waals surface area contributed by atoms with Crippen LogP contribution in [0.2, 0.25) is 0 Å². The smallest absolute Gasteiger partial charge is 0.416 e. The van der Waals surface area contributed by atoms with Gasteiger partial charge in [-0.3, -0.25) is 4.79 Å². The number of fused-ring (bicyclic) bond motifs is 1. The van der Waals surface area contributed by atoms with Gasteiger partial charge < -0.3 is 4.74 Å². The molecule has 1 aliphatic carbocycles. The van der Waals surface area contributed by atoms with Gasteiger partial charge in [-0.15, -0.1) is 0 Å². The fourth-order valence-corrected chi connectivity index (χ4v) is 3.26. The number of ether oxygens (including phenoxy) is 1. The molecule has 0 bridgehead atoms. The number of hydrogen-bond acceptors (Lipinski definition) is 3. The first-order chi connectivity index (χ1) is 9.28. The summed E-state index contributed by atoms with van der Waals surface area (Å²) >= 11 is 0. The molecular formula is C15H23N2O3+. The summed E-state index contributed by atoms with van der Waals surface area (Å²) in [6.07, 6.45) is 2.95. The van der Waals surface area contributed by atoms with Gasteiger partial charge in [0, 0.05) is 13.0 Å². The van der Waals surface area contributed by atoms with Gasteiger partial charge in [-0.25, -0.2) is 9.69 Å². The lowest BCUT2D eigenvalue weighted by atomic mass is 9.73. The van der Waals surface area contributed by atoms with Crippen LogP contribution in [-0.4, -0.2) is 34.6 Å². The molecule has 0 spiro atoms. The third kappa shape index (κ3) is 2.65. The van der Waals surface area contributed by atoms with E-state index in [1.54, 1.807) is 4.90 Å². The Balaban J connectivity index is 2.28. The van der Waals surface area contributed by atoms with Gasteiger partial charge >= 0.3 is 11.8 Å². The van der Waals surface area contributed by atoms with Crippen LogP contribution in [0.1, 0.15) is 52.9 Å². The van der Waals surface area contributed by atoms with Gasteiger partial charge in [0.2, 0.25) is 0 Å². The number of carbonyl (C=O) groups is 2. The summed E-state index contributed by atoms with van der Waals surface area (Å²) in [6.45, 7) is 11.6. The molecule has 2 rings (SSSR count). The molecule has 1 amide bonds. The van der Waals surface area contributed by atoms with Crippen LogP contribution >= 0.6 is 0 Å². The van der Waals surface area contributed by atoms with Crippen molar-refractivity contribution < 1.29 is 14.3 Å². The zero-order valence-corrected chi connectivity index (χ0v) is 12.5. The van der Waals surface area contributed by atoms with Crippen LogP contribution in [-0.2, 0) is 9.53 Å². The largest absolute Gasteiger partial charge is 0.444 e. The number of amides is 1. The van der Waals surface area contributed by atoms with Crippen molar-refractivity contribution in [1.82, 2.24) is 4.90 Å². The van der Waals surface area contributed by atoms with Crippen LogP contribution in [0.25, 0.3) is 4.85 Å². The number of piperidine rings is 1. The highest BCUT2D eigenvalue weighted by Gasteiger charge is 2.61. The highest BCUT2D eigenvalue weighted by molar-refractivity contribution is 5.82. The molecule has 1 aliphatic heterocycles. The van der Waals surface area contributed by atoms with Crippen molar-refractivity contribution in [3.63, 3.8) is 0 Å². The maximum absolute atomic E-state index is 12.4. The Morgan fingerprint density at radius 3 is 2.75 bits per heavy atom. The molecule has 0 aromatic heterocycles. The lowest BCUT2D eigenvalue weighted by molar-refractivity contribution is -0.127. The molecule has 1 saturated carbocycles. The van der Waals surface area contributed by atoms with E-state index in [-0.39, 0.29) is 18.1 Å². The van der Waals surface area contributed by atoms with E-state index in [4.69, 9.17) is 11.3 Å². The molecule has 5 heteroatoms. The van der Waals surface area contributed by atoms with Crippen LogP contribution in [0.15, 0.2) is 0 Å². The Morgan fingerprint density at radius 1 is 1.45 bits per heavy atom. The van der Waals surface area contributed by atoms with Crippen molar-refractivity contribution in [2.45, 2.75) is 64.1 Å². The molecule has 0 N–H and O–H groups in total. The lowest BCUT2D eigenvalue weighted by Crippen LogP contribution is -2.60. The van der Waals surface area contributed by atoms with Gasteiger partial charge in [-0.1, -0.05) is 4.85 Å². The van der Waals surface area contributed by atoms with Gasteiger partial charge in [0.15, 0.2) is 0 Å². The average molecular weight is 279 g/mol. The molecule has 1 saturated heterocycles. The fourth-order valence-electron chi connectivity index (χ4n) is 3.26. The number of rotatable bonds is 0. The van der Waals surface area contributed by atoms with E-state index in [2.05, 4.69) is 4.85 Å². The van der Waals surface area contributed by atoms with Crippen molar-refractivity contribution in [3.8, 4) is 6.57 Å². The van der Waals surface area contributed by atoms with E-state index in [0.717, 1.165) is 19.3 Å². The molecule has 20 heavy (non-hydrogen) atoms. The molecule has 0 aromatic carbocycles. The average Bonchev–Trinajstić information content (AvgIpc) is 2.35. The number of hydrogen-bond donors (Lipinski definition) is 0. The minimum Gasteiger partial charge on any atom is -0.444 e. The summed E-state index contributed by atoms with van der Waals surface area (Å²) in [6, 6.07) is 0. The van der Waals surface area contributed by atoms with Crippen molar-refractivity contribution in [2.24, 2.45) is 5.92 Å². The second kappa shape index (κ2) is 5.08. The summed E-state index contributed by atoms with van der Waals surface area (Å²) in [4.78, 5) is 29.8. The highest BCUT2D eigenvalue weighted by atomic mass is 16.6. The number of nitrogens with zero attached hydrogens (tertiary/aromatic N) is 2. The van der Waals surface area contributed by atoms with E-state index in [1.807, 2.05) is 20.8 Å². The van der Waals surface area contributed by atoms with Crippen molar-refractivity contribution >= 4 is 11.9 Å². The first kappa shape index (κ1) is 14.8. The number of Topliss-reactive ketones (excluding diaryl/α,β-unsaturated/α-hetero) is 1. The maximum atomic E-state index is 12.4. The van der Waals surface area contributed by atoms with Crippen molar-refractivity contribution in [3.05, 3.63) is 4.85 Å². The van der Waals surface area contributed by atoms with Gasteiger partial charge in [0.25, 0.3) is 6.57 Å². The molecule has 1 heterocycles. The Bertz CT molecular complexity index is 461. The van der Waals surface area contributed by atoms with Gasteiger partial charge in [0.05, 0.1) is 5.92 Å². The van der Waals surface area contributed by atoms with E-state index in [1.165, 1.54) is 0 Å². The minimum atomic E-state index is -0.893. The number of likely N-dealkylation sites (tertiary alicyclic amines) is 1. The number of carbonyl (C=O) groups excluding carboxylic acids is 2. The fraction of sp³-hybridized carbons (Fsp3) is 0.800. The number of ketones is 1. The molecule has 0 aromatic rings. The quantitative estimate of drug-likeness (QED) is 0.685. The third-order valence-corrected chi connectivity index (χ3v) is 4.12. The zero-order valence-electron chi connectivity index (χ0n) is 12.5. The third-order valence-electron chi connectivity index (χ3n) is 4.12. The van der Waals surface area contributed by atoms with Crippen molar-refractivity contribution in [1.29, 1.82) is 0 Å². The van der Waals surface area contributed by atoms with Crippen LogP contribution in [0.3, 0.4) is 0 Å². The molecular weight excluding hydrogens is 256 g/mol. The summed E-state index contributed by atoms with van der Waals surface area (Å²) in [5.74, 6) is 0.275. The van der Waals surface area contributed by atoms with Crippen LogP contribution in [0, 0.1) is 12.5 Å². The predicted molar refractivity (Wildman–Crippen MR) is 75.6 cm³/mol. The summed E-state index contributed by atoms with van der Waals surface area (Å²) in [5.41, 5.74) is -1.46. The standard InChI is InChI=1S/C15H23N2O3/c1-14(2,3)20-13(19)17-9-5-6-11-7-8-12(18)10-15(11,17)16-4/h4,11H,5-10H2,1-3H3/q+1/t11-,15+/m0/s1. The summed E-state index contributed by atoms with van der Waals surface area (Å²) < 4.78 is 5.45. The Morgan fingerprint density at radius 2 is 2.15 bits per heavy atom. The zero-order chi connectivity index (χ0) is 15.0. The Labute approximate surface area is 120 Å². The lowest BCUT2D eigenvalue weighted by Gasteiger charge is -2.42. The molecule has 2 fully saturated rings. The summed E-state index contributed by atoms with van der Waals surface area (Å²) in [7, 11) is 0. The Hall–Kier alpha value is -1.57. The van der Waals surface area contributed by atoms with Crippen molar-refractivity contribution in [2.75, 3.05) is 6.54 Å². The molecule has 110 valence electrons. The normalized spacial score (nSPS) is 30.4. The molecule has 5 nitrogen and oxygen atoms in total. The molecule has 2 atom stereocenters. The molecule has 0 radical (unpaired) electrons. The van der Waals surface area contributed by atoms with E-state index < -0.39 is 17.4 Å². The molecule has 2 aliphatic rings. The van der Waals surface area contributed by atoms with Crippen LogP contribution in [0.4, 0.5) is 4.79 Å². The minimum absolute atomic E-state index is 0.117.